The molecule has 0 heterocycles. The van der Waals surface area contributed by atoms with Crippen molar-refractivity contribution in [1.29, 1.82) is 0 Å². The standard InChI is InChI=1S/C10H10O5.Na.H/c11-4-5-15-10(14)8-3-1-2-7(6-8)9(12)13;;/h1-3,6,11H,4-5H2,(H,12,13);;/q;+1;-1. The molecule has 1 aromatic carbocycles. The Morgan fingerprint density at radius 1 is 1.31 bits per heavy atom. The maximum Gasteiger partial charge on any atom is 1.00 e. The van der Waals surface area contributed by atoms with Crippen LogP contribution in [0.15, 0.2) is 24.3 Å². The predicted octanol–water partition coefficient (Wildman–Crippen LogP) is -2.35. The normalized spacial score (nSPS) is 9.06. The zero-order valence-electron chi connectivity index (χ0n) is 9.84. The van der Waals surface area contributed by atoms with E-state index in [1.807, 2.05) is 0 Å². The van der Waals surface area contributed by atoms with E-state index in [0.717, 1.165) is 0 Å². The second kappa shape index (κ2) is 7.40. The average Bonchev–Trinajstić information content (AvgIpc) is 2.26. The second-order valence-corrected chi connectivity index (χ2v) is 2.75. The van der Waals surface area contributed by atoms with E-state index in [1.54, 1.807) is 0 Å². The van der Waals surface area contributed by atoms with E-state index >= 15 is 0 Å². The summed E-state index contributed by atoms with van der Waals surface area (Å²) < 4.78 is 4.63. The summed E-state index contributed by atoms with van der Waals surface area (Å²) in [5.41, 5.74) is 0.178. The molecule has 0 aliphatic rings. The van der Waals surface area contributed by atoms with E-state index < -0.39 is 11.9 Å². The summed E-state index contributed by atoms with van der Waals surface area (Å²) in [4.78, 5) is 21.8. The number of hydrogen-bond donors (Lipinski definition) is 2. The number of rotatable bonds is 4. The zero-order chi connectivity index (χ0) is 11.3. The Morgan fingerprint density at radius 2 is 1.94 bits per heavy atom. The van der Waals surface area contributed by atoms with Gasteiger partial charge in [-0.25, -0.2) is 9.59 Å². The SMILES string of the molecule is O=C(O)c1cccc(C(=O)OCCO)c1.[H-].[Na+]. The van der Waals surface area contributed by atoms with Crippen molar-refractivity contribution in [3.05, 3.63) is 35.4 Å². The minimum Gasteiger partial charge on any atom is -1.00 e. The number of aromatic carboxylic acids is 1. The number of carboxylic acids is 1. The zero-order valence-corrected chi connectivity index (χ0v) is 10.8. The first-order valence-corrected chi connectivity index (χ1v) is 4.26. The van der Waals surface area contributed by atoms with Gasteiger partial charge in [0.15, 0.2) is 0 Å². The van der Waals surface area contributed by atoms with Gasteiger partial charge in [-0.2, -0.15) is 0 Å². The summed E-state index contributed by atoms with van der Waals surface area (Å²) in [6.07, 6.45) is 0. The van der Waals surface area contributed by atoms with E-state index in [-0.39, 0.29) is 55.3 Å². The van der Waals surface area contributed by atoms with Crippen molar-refractivity contribution < 1.29 is 55.5 Å². The van der Waals surface area contributed by atoms with Crippen LogP contribution in [0.2, 0.25) is 0 Å². The molecule has 2 N–H and O–H groups in total. The van der Waals surface area contributed by atoms with Crippen LogP contribution in [-0.4, -0.2) is 35.4 Å². The Balaban J connectivity index is 0. The van der Waals surface area contributed by atoms with E-state index in [1.165, 1.54) is 24.3 Å². The molecule has 1 rings (SSSR count). The van der Waals surface area contributed by atoms with Crippen LogP contribution in [0.5, 0.6) is 0 Å². The van der Waals surface area contributed by atoms with Crippen LogP contribution in [0.3, 0.4) is 0 Å². The number of hydrogen-bond acceptors (Lipinski definition) is 4. The molecular weight excluding hydrogens is 223 g/mol. The molecule has 6 heteroatoms. The fourth-order valence-electron chi connectivity index (χ4n) is 1.00. The van der Waals surface area contributed by atoms with Gasteiger partial charge in [-0.15, -0.1) is 0 Å². The molecule has 1 aromatic rings. The summed E-state index contributed by atoms with van der Waals surface area (Å²) in [5, 5.41) is 17.1. The van der Waals surface area contributed by atoms with E-state index in [0.29, 0.717) is 0 Å². The van der Waals surface area contributed by atoms with E-state index in [2.05, 4.69) is 4.74 Å². The quantitative estimate of drug-likeness (QED) is 0.450. The van der Waals surface area contributed by atoms with E-state index in [4.69, 9.17) is 10.2 Å². The number of aliphatic hydroxyl groups is 1. The molecule has 5 nitrogen and oxygen atoms in total. The van der Waals surface area contributed by atoms with Gasteiger partial charge in [0, 0.05) is 0 Å². The van der Waals surface area contributed by atoms with Crippen LogP contribution in [-0.2, 0) is 4.74 Å². The molecule has 0 saturated heterocycles. The van der Waals surface area contributed by atoms with Gasteiger partial charge >= 0.3 is 41.5 Å². The van der Waals surface area contributed by atoms with Crippen molar-refractivity contribution in [2.24, 2.45) is 0 Å². The van der Waals surface area contributed by atoms with E-state index in [9.17, 15) is 9.59 Å². The summed E-state index contributed by atoms with van der Waals surface area (Å²) in [6, 6.07) is 5.51. The number of benzene rings is 1. The minimum absolute atomic E-state index is 0. The monoisotopic (exact) mass is 234 g/mol. The number of esters is 1. The Kier molecular flexibility index (Phi) is 7.00. The van der Waals surface area contributed by atoms with Crippen molar-refractivity contribution in [1.82, 2.24) is 0 Å². The van der Waals surface area contributed by atoms with Crippen molar-refractivity contribution in [3.63, 3.8) is 0 Å². The summed E-state index contributed by atoms with van der Waals surface area (Å²) in [7, 11) is 0. The molecule has 0 saturated carbocycles. The molecule has 0 radical (unpaired) electrons. The Hall–Kier alpha value is -0.880. The van der Waals surface area contributed by atoms with Crippen LogP contribution in [0.1, 0.15) is 22.1 Å². The number of ether oxygens (including phenoxy) is 1. The molecular formula is C10H11NaO5. The second-order valence-electron chi connectivity index (χ2n) is 2.75. The molecule has 0 aliphatic carbocycles. The van der Waals surface area contributed by atoms with Crippen LogP contribution >= 0.6 is 0 Å². The van der Waals surface area contributed by atoms with Gasteiger partial charge in [-0.05, 0) is 18.2 Å². The number of carbonyl (C=O) groups is 2. The summed E-state index contributed by atoms with van der Waals surface area (Å²) >= 11 is 0. The molecule has 0 spiro atoms. The third-order valence-electron chi connectivity index (χ3n) is 1.67. The first-order chi connectivity index (χ1) is 7.15. The first-order valence-electron chi connectivity index (χ1n) is 4.26. The maximum absolute atomic E-state index is 11.3. The topological polar surface area (TPSA) is 83.8 Å². The van der Waals surface area contributed by atoms with Gasteiger partial charge in [0.2, 0.25) is 0 Å². The molecule has 0 aromatic heterocycles. The summed E-state index contributed by atoms with van der Waals surface area (Å²) in [5.74, 6) is -1.75. The van der Waals surface area contributed by atoms with Gasteiger partial charge in [0.05, 0.1) is 17.7 Å². The van der Waals surface area contributed by atoms with Crippen molar-refractivity contribution in [2.75, 3.05) is 13.2 Å². The third kappa shape index (κ3) is 4.32. The number of carboxylic acid groups (broad SMARTS) is 1. The van der Waals surface area contributed by atoms with Crippen LogP contribution in [0, 0.1) is 0 Å². The fourth-order valence-corrected chi connectivity index (χ4v) is 1.00. The smallest absolute Gasteiger partial charge is 1.00 e. The van der Waals surface area contributed by atoms with Gasteiger partial charge in [0.1, 0.15) is 6.61 Å². The Morgan fingerprint density at radius 3 is 2.50 bits per heavy atom. The molecule has 0 bridgehead atoms. The molecule has 82 valence electrons. The molecule has 0 aliphatic heterocycles. The molecule has 16 heavy (non-hydrogen) atoms. The number of aliphatic hydroxyl groups excluding tert-OH is 1. The van der Waals surface area contributed by atoms with Gasteiger partial charge < -0.3 is 16.4 Å². The molecule has 0 fully saturated rings. The third-order valence-corrected chi connectivity index (χ3v) is 1.67. The van der Waals surface area contributed by atoms with Crippen LogP contribution < -0.4 is 29.6 Å². The van der Waals surface area contributed by atoms with Crippen LogP contribution in [0.4, 0.5) is 0 Å². The first kappa shape index (κ1) is 15.1. The number of carbonyl (C=O) groups excluding carboxylic acids is 1. The van der Waals surface area contributed by atoms with Gasteiger partial charge in [0.25, 0.3) is 0 Å². The Labute approximate surface area is 116 Å². The van der Waals surface area contributed by atoms with Crippen LogP contribution in [0.25, 0.3) is 0 Å². The van der Waals surface area contributed by atoms with Crippen molar-refractivity contribution in [2.45, 2.75) is 0 Å². The maximum atomic E-state index is 11.3. The van der Waals surface area contributed by atoms with Gasteiger partial charge in [-0.3, -0.25) is 0 Å². The van der Waals surface area contributed by atoms with Crippen molar-refractivity contribution >= 4 is 11.9 Å². The fraction of sp³-hybridized carbons (Fsp3) is 0.200. The average molecular weight is 234 g/mol. The molecule has 0 unspecified atom stereocenters. The van der Waals surface area contributed by atoms with Crippen molar-refractivity contribution in [3.8, 4) is 0 Å². The molecule has 0 atom stereocenters. The minimum atomic E-state index is -1.10. The summed E-state index contributed by atoms with van der Waals surface area (Å²) in [6.45, 7) is -0.361. The van der Waals surface area contributed by atoms with Gasteiger partial charge in [-0.1, -0.05) is 6.07 Å². The largest absolute Gasteiger partial charge is 1.00 e. The predicted molar refractivity (Wildman–Crippen MR) is 51.9 cm³/mol. The molecule has 0 amide bonds. The Bertz CT molecular complexity index is 383.